The van der Waals surface area contributed by atoms with Crippen LogP contribution in [0.4, 0.5) is 35.1 Å². The zero-order chi connectivity index (χ0) is 34.1. The van der Waals surface area contributed by atoms with Crippen LogP contribution in [0.5, 0.6) is 11.5 Å². The summed E-state index contributed by atoms with van der Waals surface area (Å²) in [6.07, 6.45) is -5.75. The van der Waals surface area contributed by atoms with Crippen LogP contribution in [0.1, 0.15) is 88.2 Å². The number of carbonyl (C=O) groups is 1. The molecule has 0 saturated heterocycles. The highest BCUT2D eigenvalue weighted by Crippen LogP contribution is 2.42. The summed E-state index contributed by atoms with van der Waals surface area (Å²) in [6, 6.07) is 11.2. The molecule has 0 heterocycles. The lowest BCUT2D eigenvalue weighted by Gasteiger charge is -2.20. The molecule has 0 aliphatic carbocycles. The molecule has 12 heteroatoms. The van der Waals surface area contributed by atoms with E-state index >= 15 is 0 Å². The van der Waals surface area contributed by atoms with E-state index in [0.29, 0.717) is 48.3 Å². The van der Waals surface area contributed by atoms with E-state index in [-0.39, 0.29) is 24.2 Å². The second-order valence-electron chi connectivity index (χ2n) is 11.7. The van der Waals surface area contributed by atoms with E-state index in [1.807, 2.05) is 0 Å². The van der Waals surface area contributed by atoms with Gasteiger partial charge in [0.25, 0.3) is 0 Å². The average Bonchev–Trinajstić information content (AvgIpc) is 2.95. The molecule has 3 N–H and O–H groups in total. The van der Waals surface area contributed by atoms with Gasteiger partial charge in [-0.15, -0.1) is 0 Å². The van der Waals surface area contributed by atoms with Crippen LogP contribution in [0.15, 0.2) is 48.5 Å². The smallest absolute Gasteiger partial charge is 0.453 e. The summed E-state index contributed by atoms with van der Waals surface area (Å²) in [5.74, 6) is -7.46. The number of fused-ring (bicyclic) bond motifs is 1. The van der Waals surface area contributed by atoms with Gasteiger partial charge in [0.1, 0.15) is 11.5 Å². The highest BCUT2D eigenvalue weighted by atomic mass is 19.4. The lowest BCUT2D eigenvalue weighted by molar-refractivity contribution is -0.284. The number of aromatic hydroxyl groups is 2. The van der Waals surface area contributed by atoms with Crippen molar-refractivity contribution in [2.24, 2.45) is 5.92 Å². The van der Waals surface area contributed by atoms with Gasteiger partial charge in [0, 0.05) is 6.42 Å². The number of hydrogen-bond acceptors (Lipinski definition) is 3. The average molecular weight is 663 g/mol. The van der Waals surface area contributed by atoms with E-state index in [2.05, 4.69) is 0 Å². The Morgan fingerprint density at radius 3 is 1.80 bits per heavy atom. The molecule has 1 unspecified atom stereocenters. The molecule has 0 aliphatic rings. The number of halogens is 8. The Labute approximate surface area is 262 Å². The number of benzene rings is 3. The van der Waals surface area contributed by atoms with Crippen LogP contribution in [0.25, 0.3) is 21.9 Å². The van der Waals surface area contributed by atoms with Crippen molar-refractivity contribution in [3.8, 4) is 22.6 Å². The minimum absolute atomic E-state index is 0.0379. The molecule has 254 valence electrons. The van der Waals surface area contributed by atoms with E-state index in [9.17, 15) is 55.2 Å². The summed E-state index contributed by atoms with van der Waals surface area (Å²) in [5.41, 5.74) is 0.132. The summed E-state index contributed by atoms with van der Waals surface area (Å²) in [5, 5.41) is 30.4. The molecule has 0 aliphatic heterocycles. The molecule has 46 heavy (non-hydrogen) atoms. The molecule has 3 rings (SSSR count). The van der Waals surface area contributed by atoms with E-state index in [1.54, 1.807) is 24.3 Å². The quantitative estimate of drug-likeness (QED) is 0.0993. The predicted molar refractivity (Wildman–Crippen MR) is 159 cm³/mol. The topological polar surface area (TPSA) is 77.8 Å². The standard InChI is InChI=1S/C34H38F8O4/c35-32(36,34(40,41)42)19-9-11-22(31(45)46)10-7-5-3-1-2-4-6-8-12-27-26-17-14-24(43)20-23(26)13-16-28(27)29-18-15-25(44)21-30(29)33(37,38)39/h13-18,20-22,43-44H,1-12,19H2,(H,45,46). The van der Waals surface area contributed by atoms with Crippen LogP contribution >= 0.6 is 0 Å². The zero-order valence-corrected chi connectivity index (χ0v) is 25.2. The molecule has 0 saturated carbocycles. The predicted octanol–water partition coefficient (Wildman–Crippen LogP) is 11.1. The van der Waals surface area contributed by atoms with Crippen molar-refractivity contribution in [2.75, 3.05) is 0 Å². The lowest BCUT2D eigenvalue weighted by atomic mass is 9.88. The second kappa shape index (κ2) is 15.8. The van der Waals surface area contributed by atoms with Crippen molar-refractivity contribution < 1.29 is 55.2 Å². The third kappa shape index (κ3) is 10.2. The Kier molecular flexibility index (Phi) is 12.7. The normalized spacial score (nSPS) is 13.3. The largest absolute Gasteiger partial charge is 0.508 e. The molecule has 0 fully saturated rings. The van der Waals surface area contributed by atoms with Crippen molar-refractivity contribution in [2.45, 2.75) is 102 Å². The van der Waals surface area contributed by atoms with Crippen molar-refractivity contribution >= 4 is 16.7 Å². The molecule has 0 bridgehead atoms. The lowest BCUT2D eigenvalue weighted by Crippen LogP contribution is -2.36. The summed E-state index contributed by atoms with van der Waals surface area (Å²) in [7, 11) is 0. The minimum atomic E-state index is -5.65. The number of unbranched alkanes of at least 4 members (excludes halogenated alkanes) is 7. The minimum Gasteiger partial charge on any atom is -0.508 e. The fourth-order valence-corrected chi connectivity index (χ4v) is 5.76. The third-order valence-electron chi connectivity index (χ3n) is 8.25. The van der Waals surface area contributed by atoms with Crippen LogP contribution < -0.4 is 0 Å². The number of aliphatic carboxylic acids is 1. The zero-order valence-electron chi connectivity index (χ0n) is 25.2. The van der Waals surface area contributed by atoms with Crippen LogP contribution in [0.3, 0.4) is 0 Å². The maximum Gasteiger partial charge on any atom is 0.453 e. The van der Waals surface area contributed by atoms with E-state index < -0.39 is 54.3 Å². The van der Waals surface area contributed by atoms with Gasteiger partial charge >= 0.3 is 24.2 Å². The number of aryl methyl sites for hydroxylation is 1. The molecular formula is C34H38F8O4. The highest BCUT2D eigenvalue weighted by molar-refractivity contribution is 5.93. The summed E-state index contributed by atoms with van der Waals surface area (Å²) >= 11 is 0. The molecule has 3 aromatic rings. The van der Waals surface area contributed by atoms with E-state index in [0.717, 1.165) is 37.5 Å². The summed E-state index contributed by atoms with van der Waals surface area (Å²) in [4.78, 5) is 11.4. The first-order chi connectivity index (χ1) is 21.5. The molecule has 0 radical (unpaired) electrons. The van der Waals surface area contributed by atoms with Crippen LogP contribution in [-0.2, 0) is 17.4 Å². The molecular weight excluding hydrogens is 624 g/mol. The van der Waals surface area contributed by atoms with Crippen molar-refractivity contribution in [3.63, 3.8) is 0 Å². The van der Waals surface area contributed by atoms with Gasteiger partial charge in [0.05, 0.1) is 11.5 Å². The van der Waals surface area contributed by atoms with Gasteiger partial charge in [-0.1, -0.05) is 69.2 Å². The van der Waals surface area contributed by atoms with Gasteiger partial charge in [0.15, 0.2) is 0 Å². The maximum atomic E-state index is 13.9. The Bertz CT molecular complexity index is 1450. The van der Waals surface area contributed by atoms with Gasteiger partial charge in [-0.2, -0.15) is 35.1 Å². The first kappa shape index (κ1) is 36.9. The van der Waals surface area contributed by atoms with Crippen molar-refractivity contribution in [1.82, 2.24) is 0 Å². The van der Waals surface area contributed by atoms with Crippen LogP contribution in [0, 0.1) is 5.92 Å². The Hall–Kier alpha value is -3.57. The molecule has 1 atom stereocenters. The maximum absolute atomic E-state index is 13.9. The molecule has 0 amide bonds. The van der Waals surface area contributed by atoms with Crippen molar-refractivity contribution in [1.29, 1.82) is 0 Å². The summed E-state index contributed by atoms with van der Waals surface area (Å²) < 4.78 is 105. The molecule has 0 aromatic heterocycles. The van der Waals surface area contributed by atoms with Gasteiger partial charge < -0.3 is 15.3 Å². The fourth-order valence-electron chi connectivity index (χ4n) is 5.76. The Morgan fingerprint density at radius 2 is 1.20 bits per heavy atom. The first-order valence-corrected chi connectivity index (χ1v) is 15.3. The summed E-state index contributed by atoms with van der Waals surface area (Å²) in [6.45, 7) is 0. The monoisotopic (exact) mass is 662 g/mol. The number of rotatable bonds is 17. The van der Waals surface area contributed by atoms with E-state index in [1.165, 1.54) is 18.2 Å². The number of carboxylic acids is 1. The highest BCUT2D eigenvalue weighted by Gasteiger charge is 2.56. The van der Waals surface area contributed by atoms with E-state index in [4.69, 9.17) is 0 Å². The Balaban J connectivity index is 1.48. The molecule has 3 aromatic carbocycles. The van der Waals surface area contributed by atoms with Gasteiger partial charge in [-0.25, -0.2) is 0 Å². The number of phenols is 2. The van der Waals surface area contributed by atoms with Crippen molar-refractivity contribution in [3.05, 3.63) is 59.7 Å². The molecule has 4 nitrogen and oxygen atoms in total. The van der Waals surface area contributed by atoms with Crippen LogP contribution in [-0.4, -0.2) is 33.4 Å². The first-order valence-electron chi connectivity index (χ1n) is 15.3. The number of carboxylic acid groups (broad SMARTS) is 1. The van der Waals surface area contributed by atoms with Gasteiger partial charge in [0.2, 0.25) is 0 Å². The number of hydrogen-bond donors (Lipinski definition) is 3. The molecule has 0 spiro atoms. The Morgan fingerprint density at radius 1 is 0.652 bits per heavy atom. The van der Waals surface area contributed by atoms with Gasteiger partial charge in [-0.05, 0) is 83.8 Å². The fraction of sp³-hybridized carbons (Fsp3) is 0.500. The second-order valence-corrected chi connectivity index (χ2v) is 11.7. The van der Waals surface area contributed by atoms with Gasteiger partial charge in [-0.3, -0.25) is 4.79 Å². The van der Waals surface area contributed by atoms with Crippen LogP contribution in [0.2, 0.25) is 0 Å². The number of alkyl halides is 8. The number of phenolic OH excluding ortho intramolecular Hbond substituents is 2. The SMILES string of the molecule is O=C(O)C(CCCCCCCCCCc1c(-c2ccc(O)cc2C(F)(F)F)ccc2cc(O)ccc12)CCCC(F)(F)C(F)(F)F. The third-order valence-corrected chi connectivity index (χ3v) is 8.25.